The first-order valence-electron chi connectivity index (χ1n) is 6.14. The highest BCUT2D eigenvalue weighted by atomic mass is 35.5. The van der Waals surface area contributed by atoms with Gasteiger partial charge in [0.05, 0.1) is 27.7 Å². The van der Waals surface area contributed by atoms with Crippen molar-refractivity contribution in [3.05, 3.63) is 33.8 Å². The summed E-state index contributed by atoms with van der Waals surface area (Å²) in [4.78, 5) is 0. The molecular weight excluding hydrogens is 307 g/mol. The zero-order chi connectivity index (χ0) is 14.0. The van der Waals surface area contributed by atoms with Crippen LogP contribution in [0.2, 0.25) is 10.0 Å². The summed E-state index contributed by atoms with van der Waals surface area (Å²) < 4.78 is 29.9. The Labute approximate surface area is 123 Å². The third kappa shape index (κ3) is 3.63. The number of ether oxygens (including phenoxy) is 1. The third-order valence-corrected chi connectivity index (χ3v) is 6.47. The summed E-state index contributed by atoms with van der Waals surface area (Å²) in [6.45, 7) is 2.87. The van der Waals surface area contributed by atoms with E-state index in [1.165, 1.54) is 0 Å². The van der Waals surface area contributed by atoms with Gasteiger partial charge in [-0.05, 0) is 37.0 Å². The van der Waals surface area contributed by atoms with Gasteiger partial charge in [0.15, 0.2) is 9.84 Å². The van der Waals surface area contributed by atoms with Gasteiger partial charge in [0.25, 0.3) is 0 Å². The quantitative estimate of drug-likeness (QED) is 0.852. The van der Waals surface area contributed by atoms with Crippen molar-refractivity contribution in [1.82, 2.24) is 0 Å². The molecule has 1 heterocycles. The first-order chi connectivity index (χ1) is 8.90. The fourth-order valence-electron chi connectivity index (χ4n) is 2.16. The molecule has 0 aliphatic carbocycles. The van der Waals surface area contributed by atoms with E-state index in [1.54, 1.807) is 25.1 Å². The van der Waals surface area contributed by atoms with Crippen LogP contribution in [0.1, 0.15) is 24.2 Å². The van der Waals surface area contributed by atoms with Crippen LogP contribution in [0.4, 0.5) is 0 Å². The zero-order valence-corrected chi connectivity index (χ0v) is 12.9. The number of hydrogen-bond donors (Lipinski definition) is 0. The van der Waals surface area contributed by atoms with Gasteiger partial charge in [-0.2, -0.15) is 0 Å². The Bertz CT molecular complexity index is 551. The van der Waals surface area contributed by atoms with Crippen LogP contribution in [0, 0.1) is 5.92 Å². The maximum Gasteiger partial charge on any atom is 0.157 e. The molecule has 1 aromatic carbocycles. The molecular formula is C13H16Cl2O3S. The highest BCUT2D eigenvalue weighted by Gasteiger charge is 2.28. The number of halogens is 2. The Morgan fingerprint density at radius 1 is 1.37 bits per heavy atom. The molecule has 0 unspecified atom stereocenters. The summed E-state index contributed by atoms with van der Waals surface area (Å²) in [5, 5.41) is 0.229. The van der Waals surface area contributed by atoms with Crippen molar-refractivity contribution >= 4 is 33.0 Å². The van der Waals surface area contributed by atoms with Crippen molar-refractivity contribution in [2.45, 2.75) is 18.6 Å². The predicted octanol–water partition coefficient (Wildman–Crippen LogP) is 3.51. The summed E-state index contributed by atoms with van der Waals surface area (Å²) in [5.74, 6) is 0.268. The Morgan fingerprint density at radius 2 is 2.11 bits per heavy atom. The second kappa shape index (κ2) is 6.00. The van der Waals surface area contributed by atoms with Gasteiger partial charge in [-0.3, -0.25) is 0 Å². The second-order valence-corrected chi connectivity index (χ2v) is 8.06. The van der Waals surface area contributed by atoms with Gasteiger partial charge in [0.2, 0.25) is 0 Å². The van der Waals surface area contributed by atoms with Crippen LogP contribution in [-0.4, -0.2) is 27.4 Å². The van der Waals surface area contributed by atoms with Crippen LogP contribution in [0.15, 0.2) is 18.2 Å². The molecule has 0 spiro atoms. The molecule has 2 atom stereocenters. The van der Waals surface area contributed by atoms with E-state index in [0.29, 0.717) is 28.8 Å². The van der Waals surface area contributed by atoms with Gasteiger partial charge in [-0.15, -0.1) is 0 Å². The van der Waals surface area contributed by atoms with Crippen molar-refractivity contribution in [2.24, 2.45) is 5.92 Å². The first kappa shape index (κ1) is 15.1. The minimum Gasteiger partial charge on any atom is -0.381 e. The van der Waals surface area contributed by atoms with Crippen LogP contribution in [0.25, 0.3) is 0 Å². The molecule has 6 heteroatoms. The van der Waals surface area contributed by atoms with E-state index in [-0.39, 0.29) is 11.7 Å². The number of rotatable bonds is 4. The Balaban J connectivity index is 2.16. The van der Waals surface area contributed by atoms with Crippen molar-refractivity contribution in [3.8, 4) is 0 Å². The van der Waals surface area contributed by atoms with Crippen molar-refractivity contribution in [2.75, 3.05) is 19.0 Å². The summed E-state index contributed by atoms with van der Waals surface area (Å²) >= 11 is 11.8. The molecule has 1 saturated heterocycles. The van der Waals surface area contributed by atoms with E-state index >= 15 is 0 Å². The van der Waals surface area contributed by atoms with Gasteiger partial charge in [-0.1, -0.05) is 29.3 Å². The normalized spacial score (nSPS) is 21.5. The Morgan fingerprint density at radius 3 is 2.68 bits per heavy atom. The van der Waals surface area contributed by atoms with Gasteiger partial charge < -0.3 is 4.74 Å². The first-order valence-corrected chi connectivity index (χ1v) is 8.61. The smallest absolute Gasteiger partial charge is 0.157 e. The predicted molar refractivity (Wildman–Crippen MR) is 77.6 cm³/mol. The van der Waals surface area contributed by atoms with E-state index in [1.807, 2.05) is 0 Å². The lowest BCUT2D eigenvalue weighted by Gasteiger charge is -2.16. The average Bonchev–Trinajstić information content (AvgIpc) is 2.83. The van der Waals surface area contributed by atoms with Gasteiger partial charge in [0, 0.05) is 6.61 Å². The minimum atomic E-state index is -3.21. The molecule has 1 aliphatic heterocycles. The van der Waals surface area contributed by atoms with Crippen LogP contribution in [-0.2, 0) is 14.6 Å². The number of hydrogen-bond acceptors (Lipinski definition) is 3. The van der Waals surface area contributed by atoms with Gasteiger partial charge in [0.1, 0.15) is 0 Å². The molecule has 1 aromatic rings. The molecule has 0 aromatic heterocycles. The number of sulfone groups is 1. The maximum atomic E-state index is 12.4. The second-order valence-electron chi connectivity index (χ2n) is 4.87. The minimum absolute atomic E-state index is 0.107. The lowest BCUT2D eigenvalue weighted by molar-refractivity contribution is 0.188. The molecule has 0 N–H and O–H groups in total. The largest absolute Gasteiger partial charge is 0.381 e. The molecule has 106 valence electrons. The van der Waals surface area contributed by atoms with Crippen LogP contribution in [0.5, 0.6) is 0 Å². The molecule has 0 bridgehead atoms. The lowest BCUT2D eigenvalue weighted by Crippen LogP contribution is -2.21. The molecule has 19 heavy (non-hydrogen) atoms. The van der Waals surface area contributed by atoms with Crippen LogP contribution in [0.3, 0.4) is 0 Å². The van der Waals surface area contributed by atoms with E-state index in [9.17, 15) is 8.42 Å². The summed E-state index contributed by atoms with van der Waals surface area (Å²) in [7, 11) is -3.21. The number of benzene rings is 1. The van der Waals surface area contributed by atoms with Crippen molar-refractivity contribution < 1.29 is 13.2 Å². The summed E-state index contributed by atoms with van der Waals surface area (Å²) in [5.41, 5.74) is 0.674. The maximum absolute atomic E-state index is 12.4. The lowest BCUT2D eigenvalue weighted by atomic mass is 10.1. The highest BCUT2D eigenvalue weighted by molar-refractivity contribution is 7.91. The van der Waals surface area contributed by atoms with E-state index in [0.717, 1.165) is 6.42 Å². The van der Waals surface area contributed by atoms with E-state index < -0.39 is 15.1 Å². The molecule has 1 fully saturated rings. The third-order valence-electron chi connectivity index (χ3n) is 3.44. The molecule has 0 amide bonds. The Hall–Kier alpha value is -0.290. The van der Waals surface area contributed by atoms with Crippen LogP contribution < -0.4 is 0 Å². The highest BCUT2D eigenvalue weighted by Crippen LogP contribution is 2.30. The van der Waals surface area contributed by atoms with E-state index in [2.05, 4.69) is 0 Å². The topological polar surface area (TPSA) is 43.4 Å². The SMILES string of the molecule is C[C@@H](c1ccc(Cl)c(Cl)c1)S(=O)(=O)C[C@@H]1CCOC1. The molecule has 3 nitrogen and oxygen atoms in total. The molecule has 2 rings (SSSR count). The zero-order valence-electron chi connectivity index (χ0n) is 10.6. The standard InChI is InChI=1S/C13H16Cl2O3S/c1-9(11-2-3-12(14)13(15)6-11)19(16,17)8-10-4-5-18-7-10/h2-3,6,9-10H,4-5,7-8H2,1H3/t9-,10+/m0/s1. The molecule has 1 aliphatic rings. The van der Waals surface area contributed by atoms with Crippen molar-refractivity contribution in [1.29, 1.82) is 0 Å². The van der Waals surface area contributed by atoms with Gasteiger partial charge in [-0.25, -0.2) is 8.42 Å². The fourth-order valence-corrected chi connectivity index (χ4v) is 4.24. The molecule has 0 radical (unpaired) electrons. The fraction of sp³-hybridized carbons (Fsp3) is 0.538. The monoisotopic (exact) mass is 322 g/mol. The van der Waals surface area contributed by atoms with Gasteiger partial charge >= 0.3 is 0 Å². The van der Waals surface area contributed by atoms with E-state index in [4.69, 9.17) is 27.9 Å². The summed E-state index contributed by atoms with van der Waals surface area (Å²) in [6.07, 6.45) is 0.813. The summed E-state index contributed by atoms with van der Waals surface area (Å²) in [6, 6.07) is 4.96. The van der Waals surface area contributed by atoms with Crippen LogP contribution >= 0.6 is 23.2 Å². The molecule has 0 saturated carbocycles. The van der Waals surface area contributed by atoms with Crippen molar-refractivity contribution in [3.63, 3.8) is 0 Å². The average molecular weight is 323 g/mol. The Kier molecular flexibility index (Phi) is 4.77.